The number of benzene rings is 1. The maximum absolute atomic E-state index is 13.1. The zero-order valence-corrected chi connectivity index (χ0v) is 10.8. The molecule has 102 valence electrons. The van der Waals surface area contributed by atoms with E-state index in [9.17, 15) is 13.6 Å². The number of rotatable bonds is 3. The molecule has 1 aliphatic rings. The van der Waals surface area contributed by atoms with Gasteiger partial charge in [0, 0.05) is 18.7 Å². The normalized spacial score (nSPS) is 17.0. The molecular formula is C16H13F2NO. The van der Waals surface area contributed by atoms with Crippen LogP contribution in [0.25, 0.3) is 0 Å². The van der Waals surface area contributed by atoms with Gasteiger partial charge in [-0.1, -0.05) is 6.07 Å². The topological polar surface area (TPSA) is 30.0 Å². The molecule has 3 rings (SSSR count). The van der Waals surface area contributed by atoms with E-state index in [0.29, 0.717) is 5.56 Å². The number of aryl methyl sites for hydroxylation is 1. The molecule has 2 nitrogen and oxygen atoms in total. The molecule has 0 saturated heterocycles. The molecule has 0 amide bonds. The number of Topliss-reactive ketones (excluding diaryl/α,β-unsaturated/α-hetero) is 1. The fourth-order valence-corrected chi connectivity index (χ4v) is 2.76. The number of nitrogens with zero attached hydrogens (tertiary/aromatic N) is 1. The van der Waals surface area contributed by atoms with E-state index >= 15 is 0 Å². The molecule has 1 unspecified atom stereocenters. The molecule has 4 heteroatoms. The third kappa shape index (κ3) is 2.46. The van der Waals surface area contributed by atoms with E-state index < -0.39 is 11.6 Å². The monoisotopic (exact) mass is 273 g/mol. The fraction of sp³-hybridized carbons (Fsp3) is 0.250. The highest BCUT2D eigenvalue weighted by molar-refractivity contribution is 5.88. The van der Waals surface area contributed by atoms with Crippen LogP contribution in [0.5, 0.6) is 0 Å². The average Bonchev–Trinajstić information content (AvgIpc) is 2.81. The lowest BCUT2D eigenvalue weighted by Gasteiger charge is -2.09. The van der Waals surface area contributed by atoms with Crippen molar-refractivity contribution in [1.82, 2.24) is 4.98 Å². The summed E-state index contributed by atoms with van der Waals surface area (Å²) in [6.45, 7) is 0. The summed E-state index contributed by atoms with van der Waals surface area (Å²) < 4.78 is 26.3. The van der Waals surface area contributed by atoms with E-state index in [2.05, 4.69) is 4.98 Å². The van der Waals surface area contributed by atoms with Crippen molar-refractivity contribution in [3.63, 3.8) is 0 Å². The lowest BCUT2D eigenvalue weighted by Crippen LogP contribution is -2.14. The van der Waals surface area contributed by atoms with Gasteiger partial charge in [-0.05, 0) is 42.2 Å². The first-order valence-corrected chi connectivity index (χ1v) is 6.55. The summed E-state index contributed by atoms with van der Waals surface area (Å²) in [4.78, 5) is 16.6. The van der Waals surface area contributed by atoms with Crippen LogP contribution in [0.1, 0.15) is 29.2 Å². The largest absolute Gasteiger partial charge is 0.299 e. The molecule has 0 N–H and O–H groups in total. The Morgan fingerprint density at radius 1 is 1.25 bits per heavy atom. The Morgan fingerprint density at radius 2 is 2.00 bits per heavy atom. The maximum Gasteiger partial charge on any atom is 0.146 e. The zero-order chi connectivity index (χ0) is 14.1. The molecule has 0 fully saturated rings. The SMILES string of the molecule is O=C(Cc1cc(F)cc(F)c1)C1CCc2cccnc21. The molecule has 0 radical (unpaired) electrons. The fourth-order valence-electron chi connectivity index (χ4n) is 2.76. The Bertz CT molecular complexity index is 649. The van der Waals surface area contributed by atoms with Crippen LogP contribution in [0.4, 0.5) is 8.78 Å². The van der Waals surface area contributed by atoms with E-state index in [1.54, 1.807) is 6.20 Å². The van der Waals surface area contributed by atoms with E-state index in [4.69, 9.17) is 0 Å². The highest BCUT2D eigenvalue weighted by atomic mass is 19.1. The number of halogens is 2. The highest BCUT2D eigenvalue weighted by Crippen LogP contribution is 2.32. The number of carbonyl (C=O) groups excluding carboxylic acids is 1. The number of carbonyl (C=O) groups is 1. The van der Waals surface area contributed by atoms with Crippen molar-refractivity contribution in [2.24, 2.45) is 0 Å². The highest BCUT2D eigenvalue weighted by Gasteiger charge is 2.29. The summed E-state index contributed by atoms with van der Waals surface area (Å²) in [6.07, 6.45) is 3.27. The van der Waals surface area contributed by atoms with Crippen LogP contribution >= 0.6 is 0 Å². The summed E-state index contributed by atoms with van der Waals surface area (Å²) in [5.74, 6) is -1.60. The molecule has 1 atom stereocenters. The van der Waals surface area contributed by atoms with Gasteiger partial charge in [-0.2, -0.15) is 0 Å². The van der Waals surface area contributed by atoms with Crippen LogP contribution in [-0.2, 0) is 17.6 Å². The lowest BCUT2D eigenvalue weighted by molar-refractivity contribution is -0.119. The van der Waals surface area contributed by atoms with Crippen molar-refractivity contribution in [1.29, 1.82) is 0 Å². The molecule has 1 heterocycles. The molecule has 2 aromatic rings. The van der Waals surface area contributed by atoms with Gasteiger partial charge < -0.3 is 0 Å². The Hall–Kier alpha value is -2.10. The van der Waals surface area contributed by atoms with Crippen molar-refractivity contribution in [3.05, 3.63) is 65.0 Å². The van der Waals surface area contributed by atoms with Gasteiger partial charge in [0.05, 0.1) is 11.6 Å². The van der Waals surface area contributed by atoms with Gasteiger partial charge in [0.2, 0.25) is 0 Å². The summed E-state index contributed by atoms with van der Waals surface area (Å²) in [5.41, 5.74) is 2.28. The quantitative estimate of drug-likeness (QED) is 0.859. The van der Waals surface area contributed by atoms with Crippen LogP contribution in [0.2, 0.25) is 0 Å². The van der Waals surface area contributed by atoms with E-state index in [1.807, 2.05) is 12.1 Å². The smallest absolute Gasteiger partial charge is 0.146 e. The lowest BCUT2D eigenvalue weighted by atomic mass is 9.95. The molecule has 1 aromatic carbocycles. The predicted molar refractivity (Wildman–Crippen MR) is 70.4 cm³/mol. The second kappa shape index (κ2) is 5.12. The first kappa shape index (κ1) is 12.9. The first-order chi connectivity index (χ1) is 9.63. The Balaban J connectivity index is 1.81. The minimum absolute atomic E-state index is 0.0348. The molecule has 1 aromatic heterocycles. The molecule has 0 spiro atoms. The van der Waals surface area contributed by atoms with Crippen LogP contribution in [0, 0.1) is 11.6 Å². The van der Waals surface area contributed by atoms with Gasteiger partial charge in [0.1, 0.15) is 17.4 Å². The minimum atomic E-state index is -0.655. The van der Waals surface area contributed by atoms with E-state index in [-0.39, 0.29) is 18.1 Å². The Morgan fingerprint density at radius 3 is 2.75 bits per heavy atom. The number of ketones is 1. The summed E-state index contributed by atoms with van der Waals surface area (Å²) in [7, 11) is 0. The molecular weight excluding hydrogens is 260 g/mol. The number of pyridine rings is 1. The second-order valence-corrected chi connectivity index (χ2v) is 5.06. The minimum Gasteiger partial charge on any atom is -0.299 e. The van der Waals surface area contributed by atoms with Gasteiger partial charge in [-0.15, -0.1) is 0 Å². The van der Waals surface area contributed by atoms with Gasteiger partial charge in [-0.3, -0.25) is 9.78 Å². The van der Waals surface area contributed by atoms with Gasteiger partial charge >= 0.3 is 0 Å². The number of fused-ring (bicyclic) bond motifs is 1. The Labute approximate surface area is 115 Å². The second-order valence-electron chi connectivity index (χ2n) is 5.06. The third-order valence-corrected chi connectivity index (χ3v) is 3.65. The van der Waals surface area contributed by atoms with Crippen LogP contribution < -0.4 is 0 Å². The number of hydrogen-bond acceptors (Lipinski definition) is 2. The van der Waals surface area contributed by atoms with Crippen molar-refractivity contribution >= 4 is 5.78 Å². The molecule has 1 aliphatic carbocycles. The number of aromatic nitrogens is 1. The van der Waals surface area contributed by atoms with Gasteiger partial charge in [-0.25, -0.2) is 8.78 Å². The van der Waals surface area contributed by atoms with Crippen molar-refractivity contribution < 1.29 is 13.6 Å². The number of hydrogen-bond donors (Lipinski definition) is 0. The Kier molecular flexibility index (Phi) is 3.30. The van der Waals surface area contributed by atoms with Crippen LogP contribution in [0.3, 0.4) is 0 Å². The van der Waals surface area contributed by atoms with Crippen molar-refractivity contribution in [2.45, 2.75) is 25.2 Å². The van der Waals surface area contributed by atoms with Crippen LogP contribution in [0.15, 0.2) is 36.5 Å². The van der Waals surface area contributed by atoms with E-state index in [0.717, 1.165) is 30.2 Å². The van der Waals surface area contributed by atoms with Gasteiger partial charge in [0.25, 0.3) is 0 Å². The molecule has 0 saturated carbocycles. The predicted octanol–water partition coefficient (Wildman–Crippen LogP) is 3.20. The summed E-state index contributed by atoms with van der Waals surface area (Å²) in [5, 5.41) is 0. The molecule has 20 heavy (non-hydrogen) atoms. The molecule has 0 aliphatic heterocycles. The maximum atomic E-state index is 13.1. The summed E-state index contributed by atoms with van der Waals surface area (Å²) >= 11 is 0. The third-order valence-electron chi connectivity index (χ3n) is 3.65. The van der Waals surface area contributed by atoms with Crippen molar-refractivity contribution in [2.75, 3.05) is 0 Å². The summed E-state index contributed by atoms with van der Waals surface area (Å²) in [6, 6.07) is 7.04. The molecule has 0 bridgehead atoms. The van der Waals surface area contributed by atoms with Gasteiger partial charge in [0.15, 0.2) is 0 Å². The first-order valence-electron chi connectivity index (χ1n) is 6.55. The van der Waals surface area contributed by atoms with Crippen LogP contribution in [-0.4, -0.2) is 10.8 Å². The average molecular weight is 273 g/mol. The van der Waals surface area contributed by atoms with E-state index in [1.165, 1.54) is 12.1 Å². The zero-order valence-electron chi connectivity index (χ0n) is 10.8. The standard InChI is InChI=1S/C16H13F2NO/c17-12-6-10(7-13(18)9-12)8-15(20)14-4-3-11-2-1-5-19-16(11)14/h1-2,5-7,9,14H,3-4,8H2. The van der Waals surface area contributed by atoms with Crippen molar-refractivity contribution in [3.8, 4) is 0 Å².